The lowest BCUT2D eigenvalue weighted by Crippen LogP contribution is -2.23. The number of halogens is 1. The van der Waals surface area contributed by atoms with E-state index in [9.17, 15) is 4.79 Å². The molecule has 2 aromatic rings. The lowest BCUT2D eigenvalue weighted by Gasteiger charge is -2.29. The van der Waals surface area contributed by atoms with Crippen molar-refractivity contribution in [3.05, 3.63) is 63.1 Å². The van der Waals surface area contributed by atoms with Crippen LogP contribution in [0.2, 0.25) is 0 Å². The van der Waals surface area contributed by atoms with E-state index in [0.717, 1.165) is 33.3 Å². The largest absolute Gasteiger partial charge is 0.426 e. The van der Waals surface area contributed by atoms with Crippen molar-refractivity contribution >= 4 is 21.9 Å². The van der Waals surface area contributed by atoms with Gasteiger partial charge in [0.25, 0.3) is 0 Å². The average Bonchev–Trinajstić information content (AvgIpc) is 3.42. The van der Waals surface area contributed by atoms with Crippen LogP contribution in [0, 0.1) is 18.8 Å². The fourth-order valence-corrected chi connectivity index (χ4v) is 4.07. The fourth-order valence-electron chi connectivity index (χ4n) is 3.80. The molecule has 168 valence electrons. The minimum absolute atomic E-state index is 0.0770. The Kier molecular flexibility index (Phi) is 7.02. The highest BCUT2D eigenvalue weighted by Crippen LogP contribution is 2.44. The third-order valence-corrected chi connectivity index (χ3v) is 6.32. The predicted molar refractivity (Wildman–Crippen MR) is 130 cm³/mol. The van der Waals surface area contributed by atoms with E-state index in [4.69, 9.17) is 9.47 Å². The summed E-state index contributed by atoms with van der Waals surface area (Å²) in [7, 11) is 0. The number of hydrogen-bond donors (Lipinski definition) is 0. The molecule has 1 saturated carbocycles. The summed E-state index contributed by atoms with van der Waals surface area (Å²) in [5, 5.41) is 0. The molecule has 0 spiro atoms. The molecule has 0 aliphatic heterocycles. The molecule has 4 heteroatoms. The van der Waals surface area contributed by atoms with Crippen molar-refractivity contribution < 1.29 is 14.3 Å². The van der Waals surface area contributed by atoms with Gasteiger partial charge in [0.2, 0.25) is 0 Å². The highest BCUT2D eigenvalue weighted by atomic mass is 79.9. The summed E-state index contributed by atoms with van der Waals surface area (Å²) >= 11 is 3.44. The molecule has 31 heavy (non-hydrogen) atoms. The Labute approximate surface area is 195 Å². The second-order valence-corrected chi connectivity index (χ2v) is 11.8. The summed E-state index contributed by atoms with van der Waals surface area (Å²) in [6.45, 7) is 16.3. The first-order chi connectivity index (χ1) is 14.4. The van der Waals surface area contributed by atoms with E-state index < -0.39 is 0 Å². The average molecular weight is 487 g/mol. The van der Waals surface area contributed by atoms with Crippen molar-refractivity contribution in [2.24, 2.45) is 11.8 Å². The lowest BCUT2D eigenvalue weighted by atomic mass is 9.78. The van der Waals surface area contributed by atoms with E-state index in [1.807, 2.05) is 24.3 Å². The Hall–Kier alpha value is -1.65. The van der Waals surface area contributed by atoms with Crippen LogP contribution in [-0.4, -0.2) is 12.6 Å². The molecule has 2 aromatic carbocycles. The number of hydrogen-bond acceptors (Lipinski definition) is 3. The normalized spacial score (nSPS) is 18.7. The van der Waals surface area contributed by atoms with Gasteiger partial charge in [0, 0.05) is 15.6 Å². The van der Waals surface area contributed by atoms with Gasteiger partial charge < -0.3 is 9.47 Å². The molecule has 2 atom stereocenters. The minimum Gasteiger partial charge on any atom is -0.426 e. The number of ether oxygens (including phenoxy) is 2. The number of carbonyl (C=O) groups excluding carboxylic acids is 1. The molecule has 1 aliphatic carbocycles. The van der Waals surface area contributed by atoms with Gasteiger partial charge in [-0.3, -0.25) is 4.79 Å². The Morgan fingerprint density at radius 3 is 2.06 bits per heavy atom. The minimum atomic E-state index is -0.128. The molecule has 0 aromatic heterocycles. The maximum Gasteiger partial charge on any atom is 0.314 e. The lowest BCUT2D eigenvalue weighted by molar-refractivity contribution is -0.136. The van der Waals surface area contributed by atoms with Crippen LogP contribution in [0.15, 0.2) is 40.9 Å². The summed E-state index contributed by atoms with van der Waals surface area (Å²) in [5.74, 6) is 0.783. The van der Waals surface area contributed by atoms with Crippen LogP contribution in [0.4, 0.5) is 0 Å². The molecule has 0 bridgehead atoms. The van der Waals surface area contributed by atoms with Crippen LogP contribution in [-0.2, 0) is 27.0 Å². The number of carbonyl (C=O) groups is 1. The molecule has 3 rings (SSSR count). The maximum atomic E-state index is 13.0. The van der Waals surface area contributed by atoms with Crippen LogP contribution in [0.3, 0.4) is 0 Å². The first kappa shape index (κ1) is 24.0. The zero-order chi connectivity index (χ0) is 23.0. The van der Waals surface area contributed by atoms with E-state index in [1.54, 1.807) is 0 Å². The zero-order valence-corrected chi connectivity index (χ0v) is 21.4. The predicted octanol–water partition coefficient (Wildman–Crippen LogP) is 7.11. The van der Waals surface area contributed by atoms with Crippen molar-refractivity contribution in [3.8, 4) is 5.75 Å². The van der Waals surface area contributed by atoms with Crippen LogP contribution in [0.25, 0.3) is 0 Å². The van der Waals surface area contributed by atoms with Gasteiger partial charge >= 0.3 is 5.97 Å². The molecular formula is C27H35BrO3. The van der Waals surface area contributed by atoms with E-state index in [2.05, 4.69) is 76.5 Å². The maximum absolute atomic E-state index is 13.0. The Morgan fingerprint density at radius 1 is 1.00 bits per heavy atom. The van der Waals surface area contributed by atoms with Gasteiger partial charge in [-0.15, -0.1) is 0 Å². The van der Waals surface area contributed by atoms with E-state index in [-0.39, 0.29) is 28.6 Å². The smallest absolute Gasteiger partial charge is 0.314 e. The van der Waals surface area contributed by atoms with Crippen molar-refractivity contribution in [1.82, 2.24) is 0 Å². The van der Waals surface area contributed by atoms with Crippen LogP contribution < -0.4 is 4.74 Å². The highest BCUT2D eigenvalue weighted by molar-refractivity contribution is 9.10. The van der Waals surface area contributed by atoms with Crippen LogP contribution in [0.5, 0.6) is 5.75 Å². The molecule has 2 unspecified atom stereocenters. The van der Waals surface area contributed by atoms with Gasteiger partial charge in [0.05, 0.1) is 19.1 Å². The number of esters is 1. The molecule has 0 amide bonds. The van der Waals surface area contributed by atoms with Crippen molar-refractivity contribution in [2.75, 3.05) is 6.61 Å². The summed E-state index contributed by atoms with van der Waals surface area (Å²) in [5.41, 5.74) is 4.29. The molecule has 1 aliphatic rings. The standard InChI is InChI=1S/C27H35BrO3/c1-17-12-22(26(2,3)4)24(23(13-17)27(5,6)7)31-25(29)21-14-19(21)16-30-15-18-8-10-20(28)11-9-18/h8-13,19,21H,14-16H2,1-7H3. The van der Waals surface area contributed by atoms with Crippen molar-refractivity contribution in [1.29, 1.82) is 0 Å². The molecular weight excluding hydrogens is 452 g/mol. The Bertz CT molecular complexity index is 897. The van der Waals surface area contributed by atoms with Gasteiger partial charge in [0.15, 0.2) is 0 Å². The first-order valence-electron chi connectivity index (χ1n) is 11.1. The fraction of sp³-hybridized carbons (Fsp3) is 0.519. The zero-order valence-electron chi connectivity index (χ0n) is 19.8. The Morgan fingerprint density at radius 2 is 1.55 bits per heavy atom. The molecule has 0 saturated heterocycles. The van der Waals surface area contributed by atoms with Gasteiger partial charge in [-0.05, 0) is 47.8 Å². The summed E-state index contributed by atoms with van der Waals surface area (Å²) < 4.78 is 13.0. The van der Waals surface area contributed by atoms with Crippen molar-refractivity contribution in [2.45, 2.75) is 72.3 Å². The third-order valence-electron chi connectivity index (χ3n) is 5.79. The second-order valence-electron chi connectivity index (χ2n) is 10.9. The molecule has 1 fully saturated rings. The first-order valence-corrected chi connectivity index (χ1v) is 11.8. The molecule has 3 nitrogen and oxygen atoms in total. The van der Waals surface area contributed by atoms with Crippen LogP contribution in [0.1, 0.15) is 70.2 Å². The third kappa shape index (κ3) is 6.20. The number of benzene rings is 2. The van der Waals surface area contributed by atoms with Gasteiger partial charge in [0.1, 0.15) is 5.75 Å². The summed E-state index contributed by atoms with van der Waals surface area (Å²) in [6, 6.07) is 12.4. The van der Waals surface area contributed by atoms with E-state index >= 15 is 0 Å². The molecule has 0 radical (unpaired) electrons. The summed E-state index contributed by atoms with van der Waals surface area (Å²) in [4.78, 5) is 13.0. The highest BCUT2D eigenvalue weighted by Gasteiger charge is 2.45. The molecule has 0 N–H and O–H groups in total. The van der Waals surface area contributed by atoms with E-state index in [0.29, 0.717) is 13.2 Å². The molecule has 0 heterocycles. The quantitative estimate of drug-likeness (QED) is 0.322. The van der Waals surface area contributed by atoms with E-state index in [1.165, 1.54) is 5.56 Å². The van der Waals surface area contributed by atoms with Crippen molar-refractivity contribution in [3.63, 3.8) is 0 Å². The van der Waals surface area contributed by atoms with Gasteiger partial charge in [-0.25, -0.2) is 0 Å². The number of aryl methyl sites for hydroxylation is 1. The van der Waals surface area contributed by atoms with Gasteiger partial charge in [-0.1, -0.05) is 87.3 Å². The monoisotopic (exact) mass is 486 g/mol. The number of rotatable bonds is 6. The van der Waals surface area contributed by atoms with Crippen LogP contribution >= 0.6 is 15.9 Å². The Balaban J connectivity index is 1.67. The van der Waals surface area contributed by atoms with Gasteiger partial charge in [-0.2, -0.15) is 0 Å². The second kappa shape index (κ2) is 9.07. The topological polar surface area (TPSA) is 35.5 Å². The summed E-state index contributed by atoms with van der Waals surface area (Å²) in [6.07, 6.45) is 0.834. The SMILES string of the molecule is Cc1cc(C(C)(C)C)c(OC(=O)C2CC2COCc2ccc(Br)cc2)c(C(C)(C)C)c1.